The largest absolute Gasteiger partial charge is 0.343 e. The Morgan fingerprint density at radius 3 is 2.54 bits per heavy atom. The Kier molecular flexibility index (Phi) is 5.48. The van der Waals surface area contributed by atoms with Crippen LogP contribution in [0.15, 0.2) is 48.7 Å². The van der Waals surface area contributed by atoms with Gasteiger partial charge in [0.2, 0.25) is 5.91 Å². The number of nitrogens with zero attached hydrogens (tertiary/aromatic N) is 2. The van der Waals surface area contributed by atoms with E-state index in [1.54, 1.807) is 6.20 Å². The molecule has 1 aromatic carbocycles. The number of piperidine rings is 1. The highest BCUT2D eigenvalue weighted by atomic mass is 35.5. The van der Waals surface area contributed by atoms with Crippen molar-refractivity contribution in [2.75, 3.05) is 20.1 Å². The van der Waals surface area contributed by atoms with Gasteiger partial charge in [-0.05, 0) is 62.8 Å². The number of aromatic nitrogens is 1. The lowest BCUT2D eigenvalue weighted by Crippen LogP contribution is -2.40. The molecular formula is C19H22ClN3O. The van der Waals surface area contributed by atoms with Crippen LogP contribution in [0.5, 0.6) is 0 Å². The van der Waals surface area contributed by atoms with Crippen LogP contribution in [0.4, 0.5) is 0 Å². The highest BCUT2D eigenvalue weighted by Gasteiger charge is 2.26. The number of carbonyl (C=O) groups is 1. The summed E-state index contributed by atoms with van der Waals surface area (Å²) in [7, 11) is 2.10. The SMILES string of the molecule is CN1CCC(C(=O)NC(c2ccc(Cl)cc2)c2ccccn2)CC1. The maximum Gasteiger partial charge on any atom is 0.224 e. The molecule has 1 aliphatic heterocycles. The van der Waals surface area contributed by atoms with Gasteiger partial charge in [-0.15, -0.1) is 0 Å². The standard InChI is InChI=1S/C19H22ClN3O/c1-23-12-9-15(10-13-23)19(24)22-18(17-4-2-3-11-21-17)14-5-7-16(20)8-6-14/h2-8,11,15,18H,9-10,12-13H2,1H3,(H,22,24). The van der Waals surface area contributed by atoms with E-state index >= 15 is 0 Å². The number of carbonyl (C=O) groups excluding carboxylic acids is 1. The third-order valence-corrected chi connectivity index (χ3v) is 4.81. The van der Waals surface area contributed by atoms with Crippen LogP contribution in [0.2, 0.25) is 5.02 Å². The smallest absolute Gasteiger partial charge is 0.224 e. The van der Waals surface area contributed by atoms with E-state index < -0.39 is 0 Å². The molecule has 5 heteroatoms. The van der Waals surface area contributed by atoms with Gasteiger partial charge in [0.15, 0.2) is 0 Å². The second-order valence-electron chi connectivity index (χ2n) is 6.33. The molecule has 1 saturated heterocycles. The number of hydrogen-bond donors (Lipinski definition) is 1. The zero-order valence-corrected chi connectivity index (χ0v) is 14.5. The molecule has 3 rings (SSSR count). The topological polar surface area (TPSA) is 45.2 Å². The molecule has 2 heterocycles. The molecule has 1 unspecified atom stereocenters. The molecule has 4 nitrogen and oxygen atoms in total. The third-order valence-electron chi connectivity index (χ3n) is 4.56. The third kappa shape index (κ3) is 4.13. The average molecular weight is 344 g/mol. The number of nitrogens with one attached hydrogen (secondary N) is 1. The van der Waals surface area contributed by atoms with E-state index in [9.17, 15) is 4.79 Å². The average Bonchev–Trinajstić information content (AvgIpc) is 2.62. The van der Waals surface area contributed by atoms with Gasteiger partial charge in [-0.1, -0.05) is 29.8 Å². The van der Waals surface area contributed by atoms with Crippen molar-refractivity contribution in [3.8, 4) is 0 Å². The summed E-state index contributed by atoms with van der Waals surface area (Å²) in [5.41, 5.74) is 1.82. The van der Waals surface area contributed by atoms with Crippen molar-refractivity contribution in [3.63, 3.8) is 0 Å². The molecule has 0 bridgehead atoms. The number of pyridine rings is 1. The minimum atomic E-state index is -0.254. The lowest BCUT2D eigenvalue weighted by atomic mass is 9.94. The van der Waals surface area contributed by atoms with Crippen LogP contribution >= 0.6 is 11.6 Å². The van der Waals surface area contributed by atoms with Crippen molar-refractivity contribution < 1.29 is 4.79 Å². The summed E-state index contributed by atoms with van der Waals surface area (Å²) in [4.78, 5) is 19.4. The maximum absolute atomic E-state index is 12.7. The van der Waals surface area contributed by atoms with Gasteiger partial charge in [0.1, 0.15) is 0 Å². The fraction of sp³-hybridized carbons (Fsp3) is 0.368. The maximum atomic E-state index is 12.7. The lowest BCUT2D eigenvalue weighted by Gasteiger charge is -2.29. The normalized spacial score (nSPS) is 17.4. The predicted molar refractivity (Wildman–Crippen MR) is 95.9 cm³/mol. The van der Waals surface area contributed by atoms with Gasteiger partial charge in [0, 0.05) is 17.1 Å². The summed E-state index contributed by atoms with van der Waals surface area (Å²) < 4.78 is 0. The molecule has 1 aliphatic rings. The first-order chi connectivity index (χ1) is 11.6. The number of halogens is 1. The Morgan fingerprint density at radius 1 is 1.21 bits per heavy atom. The van der Waals surface area contributed by atoms with Crippen molar-refractivity contribution in [2.45, 2.75) is 18.9 Å². The molecule has 1 fully saturated rings. The second kappa shape index (κ2) is 7.77. The second-order valence-corrected chi connectivity index (χ2v) is 6.76. The van der Waals surface area contributed by atoms with Gasteiger partial charge in [0.25, 0.3) is 0 Å². The first kappa shape index (κ1) is 16.9. The molecule has 0 saturated carbocycles. The number of likely N-dealkylation sites (tertiary alicyclic amines) is 1. The first-order valence-corrected chi connectivity index (χ1v) is 8.66. The van der Waals surface area contributed by atoms with Crippen LogP contribution in [-0.4, -0.2) is 35.9 Å². The highest BCUT2D eigenvalue weighted by Crippen LogP contribution is 2.24. The summed E-state index contributed by atoms with van der Waals surface area (Å²) in [6, 6.07) is 13.1. The van der Waals surface area contributed by atoms with E-state index in [4.69, 9.17) is 11.6 Å². The van der Waals surface area contributed by atoms with Gasteiger partial charge in [-0.25, -0.2) is 0 Å². The summed E-state index contributed by atoms with van der Waals surface area (Å²) >= 11 is 6.00. The van der Waals surface area contributed by atoms with E-state index in [1.807, 2.05) is 42.5 Å². The molecule has 0 aliphatic carbocycles. The van der Waals surface area contributed by atoms with Gasteiger partial charge in [-0.3, -0.25) is 9.78 Å². The first-order valence-electron chi connectivity index (χ1n) is 8.29. The number of benzene rings is 1. The van der Waals surface area contributed by atoms with Crippen LogP contribution in [0.3, 0.4) is 0 Å². The Balaban J connectivity index is 1.80. The molecule has 2 aromatic rings. The van der Waals surface area contributed by atoms with Gasteiger partial charge in [-0.2, -0.15) is 0 Å². The summed E-state index contributed by atoms with van der Waals surface area (Å²) in [5, 5.41) is 3.87. The Morgan fingerprint density at radius 2 is 1.92 bits per heavy atom. The minimum absolute atomic E-state index is 0.0692. The van der Waals surface area contributed by atoms with Crippen molar-refractivity contribution in [1.29, 1.82) is 0 Å². The van der Waals surface area contributed by atoms with Crippen LogP contribution in [0.25, 0.3) is 0 Å². The van der Waals surface area contributed by atoms with E-state index in [2.05, 4.69) is 22.2 Å². The van der Waals surface area contributed by atoms with E-state index in [0.717, 1.165) is 37.2 Å². The van der Waals surface area contributed by atoms with Crippen LogP contribution < -0.4 is 5.32 Å². The quantitative estimate of drug-likeness (QED) is 0.926. The predicted octanol–water partition coefficient (Wildman–Crippen LogP) is 3.28. The zero-order chi connectivity index (χ0) is 16.9. The lowest BCUT2D eigenvalue weighted by molar-refractivity contribution is -0.126. The minimum Gasteiger partial charge on any atom is -0.343 e. The summed E-state index contributed by atoms with van der Waals surface area (Å²) in [6.07, 6.45) is 3.55. The van der Waals surface area contributed by atoms with Crippen molar-refractivity contribution in [1.82, 2.24) is 15.2 Å². The molecule has 0 spiro atoms. The van der Waals surface area contributed by atoms with Crippen LogP contribution in [0.1, 0.15) is 30.1 Å². The van der Waals surface area contributed by atoms with E-state index in [-0.39, 0.29) is 17.9 Å². The molecule has 126 valence electrons. The van der Waals surface area contributed by atoms with Crippen LogP contribution in [-0.2, 0) is 4.79 Å². The molecule has 24 heavy (non-hydrogen) atoms. The van der Waals surface area contributed by atoms with Gasteiger partial charge < -0.3 is 10.2 Å². The molecule has 0 radical (unpaired) electrons. The molecule has 1 aromatic heterocycles. The Bertz CT molecular complexity index is 667. The number of rotatable bonds is 4. The molecule has 1 N–H and O–H groups in total. The van der Waals surface area contributed by atoms with Crippen molar-refractivity contribution >= 4 is 17.5 Å². The Labute approximate surface area is 147 Å². The molecule has 1 atom stereocenters. The number of hydrogen-bond acceptors (Lipinski definition) is 3. The van der Waals surface area contributed by atoms with Gasteiger partial charge in [0.05, 0.1) is 11.7 Å². The number of amides is 1. The van der Waals surface area contributed by atoms with Crippen molar-refractivity contribution in [2.24, 2.45) is 5.92 Å². The summed E-state index contributed by atoms with van der Waals surface area (Å²) in [6.45, 7) is 1.93. The van der Waals surface area contributed by atoms with Crippen LogP contribution in [0, 0.1) is 5.92 Å². The fourth-order valence-electron chi connectivity index (χ4n) is 3.06. The molecule has 1 amide bonds. The fourth-order valence-corrected chi connectivity index (χ4v) is 3.19. The van der Waals surface area contributed by atoms with E-state index in [0.29, 0.717) is 5.02 Å². The van der Waals surface area contributed by atoms with E-state index in [1.165, 1.54) is 0 Å². The zero-order valence-electron chi connectivity index (χ0n) is 13.8. The van der Waals surface area contributed by atoms with Gasteiger partial charge >= 0.3 is 0 Å². The molecular weight excluding hydrogens is 322 g/mol. The summed E-state index contributed by atoms with van der Waals surface area (Å²) in [5.74, 6) is 0.174. The highest BCUT2D eigenvalue weighted by molar-refractivity contribution is 6.30. The van der Waals surface area contributed by atoms with Crippen molar-refractivity contribution in [3.05, 3.63) is 64.9 Å². The monoisotopic (exact) mass is 343 g/mol. The Hall–Kier alpha value is -1.91.